The van der Waals surface area contributed by atoms with Crippen LogP contribution >= 0.6 is 11.6 Å². The quantitative estimate of drug-likeness (QED) is 0.405. The molecule has 0 spiro atoms. The van der Waals surface area contributed by atoms with Gasteiger partial charge in [-0.3, -0.25) is 39.1 Å². The standard InChI is InChI=1S/C30H29ClN6O4/c1-15-23(31)6-7-24(33-15)22-14-36(35-27(22)17-2-3-17)19-10-16(11-19)13-32-18-4-5-20-21(12-18)30(41)37(29(20)40)25-8-9-26(38)34-28(25)39/h4-7,12,14,16-17,19,25,32H,2-3,8-11,13H2,1H3,(H,34,38,39). The highest BCUT2D eigenvalue weighted by Crippen LogP contribution is 2.45. The molecule has 11 heteroatoms. The highest BCUT2D eigenvalue weighted by atomic mass is 35.5. The summed E-state index contributed by atoms with van der Waals surface area (Å²) in [6, 6.07) is 8.32. The van der Waals surface area contributed by atoms with Crippen molar-refractivity contribution < 1.29 is 19.2 Å². The van der Waals surface area contributed by atoms with E-state index in [9.17, 15) is 19.2 Å². The zero-order valence-electron chi connectivity index (χ0n) is 22.5. The Morgan fingerprint density at radius 2 is 1.78 bits per heavy atom. The topological polar surface area (TPSA) is 126 Å². The van der Waals surface area contributed by atoms with Crippen molar-refractivity contribution in [3.05, 3.63) is 64.1 Å². The van der Waals surface area contributed by atoms with E-state index in [1.807, 2.05) is 19.1 Å². The van der Waals surface area contributed by atoms with E-state index >= 15 is 0 Å². The van der Waals surface area contributed by atoms with Crippen molar-refractivity contribution in [3.63, 3.8) is 0 Å². The van der Waals surface area contributed by atoms with Gasteiger partial charge >= 0.3 is 0 Å². The average molecular weight is 573 g/mol. The molecule has 1 saturated heterocycles. The Labute approximate surface area is 241 Å². The second-order valence-electron chi connectivity index (χ2n) is 11.5. The summed E-state index contributed by atoms with van der Waals surface area (Å²) in [5, 5.41) is 11.3. The Balaban J connectivity index is 0.991. The van der Waals surface area contributed by atoms with Crippen LogP contribution < -0.4 is 10.6 Å². The van der Waals surface area contributed by atoms with Crippen LogP contribution in [0, 0.1) is 12.8 Å². The predicted molar refractivity (Wildman–Crippen MR) is 151 cm³/mol. The summed E-state index contributed by atoms with van der Waals surface area (Å²) >= 11 is 6.20. The van der Waals surface area contributed by atoms with E-state index in [4.69, 9.17) is 21.7 Å². The van der Waals surface area contributed by atoms with E-state index in [0.29, 0.717) is 22.9 Å². The second kappa shape index (κ2) is 9.80. The fraction of sp³-hybridized carbons (Fsp3) is 0.400. The molecule has 2 N–H and O–H groups in total. The monoisotopic (exact) mass is 572 g/mol. The van der Waals surface area contributed by atoms with Gasteiger partial charge in [-0.1, -0.05) is 11.6 Å². The summed E-state index contributed by atoms with van der Waals surface area (Å²) in [7, 11) is 0. The maximum absolute atomic E-state index is 13.1. The third kappa shape index (κ3) is 4.60. The molecule has 10 nitrogen and oxygen atoms in total. The van der Waals surface area contributed by atoms with Gasteiger partial charge in [-0.15, -0.1) is 0 Å². The van der Waals surface area contributed by atoms with Gasteiger partial charge in [-0.05, 0) is 75.3 Å². The average Bonchev–Trinajstić information content (AvgIpc) is 3.63. The van der Waals surface area contributed by atoms with Gasteiger partial charge in [0.1, 0.15) is 6.04 Å². The zero-order valence-corrected chi connectivity index (χ0v) is 23.3. The molecule has 2 aromatic heterocycles. The lowest BCUT2D eigenvalue weighted by molar-refractivity contribution is -0.136. The molecular formula is C30H29ClN6O4. The third-order valence-electron chi connectivity index (χ3n) is 8.64. The van der Waals surface area contributed by atoms with E-state index in [-0.39, 0.29) is 24.0 Å². The van der Waals surface area contributed by atoms with Gasteiger partial charge in [0.25, 0.3) is 11.8 Å². The summed E-state index contributed by atoms with van der Waals surface area (Å²) < 4.78 is 2.11. The molecule has 210 valence electrons. The van der Waals surface area contributed by atoms with Gasteiger partial charge < -0.3 is 5.32 Å². The van der Waals surface area contributed by atoms with Crippen molar-refractivity contribution in [2.45, 2.75) is 63.5 Å². The Bertz CT molecular complexity index is 1620. The predicted octanol–water partition coefficient (Wildman–Crippen LogP) is 4.25. The number of piperidine rings is 1. The van der Waals surface area contributed by atoms with Gasteiger partial charge in [-0.25, -0.2) is 0 Å². The number of pyridine rings is 1. The fourth-order valence-corrected chi connectivity index (χ4v) is 6.17. The Morgan fingerprint density at radius 1 is 1.00 bits per heavy atom. The molecule has 4 amide bonds. The summed E-state index contributed by atoms with van der Waals surface area (Å²) in [5.41, 5.74) is 5.26. The van der Waals surface area contributed by atoms with E-state index in [1.54, 1.807) is 18.2 Å². The molecule has 1 aromatic carbocycles. The first kappa shape index (κ1) is 25.9. The number of rotatable bonds is 7. The molecule has 1 unspecified atom stereocenters. The number of imide groups is 2. The maximum Gasteiger partial charge on any atom is 0.262 e. The largest absolute Gasteiger partial charge is 0.385 e. The van der Waals surface area contributed by atoms with Crippen molar-refractivity contribution in [1.82, 2.24) is 25.0 Å². The molecule has 41 heavy (non-hydrogen) atoms. The molecule has 2 aliphatic carbocycles. The molecule has 4 aliphatic rings. The number of amides is 4. The van der Waals surface area contributed by atoms with Crippen LogP contribution in [0.4, 0.5) is 5.69 Å². The van der Waals surface area contributed by atoms with Crippen molar-refractivity contribution in [2.24, 2.45) is 5.92 Å². The van der Waals surface area contributed by atoms with E-state index in [1.165, 1.54) is 0 Å². The second-order valence-corrected chi connectivity index (χ2v) is 11.9. The lowest BCUT2D eigenvalue weighted by atomic mass is 9.80. The summed E-state index contributed by atoms with van der Waals surface area (Å²) in [4.78, 5) is 55.5. The molecule has 3 fully saturated rings. The summed E-state index contributed by atoms with van der Waals surface area (Å²) in [5.74, 6) is -1.06. The van der Waals surface area contributed by atoms with Crippen LogP contribution in [-0.2, 0) is 9.59 Å². The minimum absolute atomic E-state index is 0.0957. The van der Waals surface area contributed by atoms with Crippen LogP contribution in [0.5, 0.6) is 0 Å². The number of benzene rings is 1. The first-order chi connectivity index (χ1) is 19.8. The van der Waals surface area contributed by atoms with Gasteiger partial charge in [0.2, 0.25) is 11.8 Å². The number of carbonyl (C=O) groups is 4. The number of anilines is 1. The number of aryl methyl sites for hydroxylation is 1. The number of halogens is 1. The number of hydrogen-bond acceptors (Lipinski definition) is 7. The minimum atomic E-state index is -0.967. The Kier molecular flexibility index (Phi) is 6.19. The highest BCUT2D eigenvalue weighted by Gasteiger charge is 2.44. The van der Waals surface area contributed by atoms with Crippen LogP contribution in [0.1, 0.15) is 82.6 Å². The van der Waals surface area contributed by atoms with Crippen LogP contribution in [0.3, 0.4) is 0 Å². The SMILES string of the molecule is Cc1nc(-c2cn(C3CC(CNc4ccc5c(c4)C(=O)N(C4CCC(=O)NC4=O)C5=O)C3)nc2C2CC2)ccc1Cl. The summed E-state index contributed by atoms with van der Waals surface area (Å²) in [6.45, 7) is 2.65. The molecular weight excluding hydrogens is 544 g/mol. The molecule has 7 rings (SSSR count). The lowest BCUT2D eigenvalue weighted by Gasteiger charge is -2.35. The molecule has 0 bridgehead atoms. The molecule has 2 aliphatic heterocycles. The molecule has 4 heterocycles. The van der Waals surface area contributed by atoms with Crippen molar-refractivity contribution in [1.29, 1.82) is 0 Å². The maximum atomic E-state index is 13.1. The smallest absolute Gasteiger partial charge is 0.262 e. The number of carbonyl (C=O) groups excluding carboxylic acids is 4. The number of nitrogens with one attached hydrogen (secondary N) is 2. The Hall–Kier alpha value is -4.05. The first-order valence-electron chi connectivity index (χ1n) is 14.1. The van der Waals surface area contributed by atoms with Crippen LogP contribution in [0.2, 0.25) is 5.02 Å². The normalized spacial score (nSPS) is 23.9. The van der Waals surface area contributed by atoms with Crippen LogP contribution in [-0.4, -0.2) is 55.9 Å². The van der Waals surface area contributed by atoms with Crippen molar-refractivity contribution in [3.8, 4) is 11.3 Å². The number of aromatic nitrogens is 3. The number of fused-ring (bicyclic) bond motifs is 1. The first-order valence-corrected chi connectivity index (χ1v) is 14.5. The molecule has 1 atom stereocenters. The Morgan fingerprint density at radius 3 is 2.51 bits per heavy atom. The number of nitrogens with zero attached hydrogens (tertiary/aromatic N) is 4. The van der Waals surface area contributed by atoms with Gasteiger partial charge in [0.15, 0.2) is 0 Å². The zero-order chi connectivity index (χ0) is 28.4. The van der Waals surface area contributed by atoms with Crippen molar-refractivity contribution >= 4 is 40.9 Å². The van der Waals surface area contributed by atoms with Gasteiger partial charge in [0.05, 0.1) is 39.3 Å². The third-order valence-corrected chi connectivity index (χ3v) is 9.04. The molecule has 2 saturated carbocycles. The fourth-order valence-electron chi connectivity index (χ4n) is 6.07. The minimum Gasteiger partial charge on any atom is -0.385 e. The summed E-state index contributed by atoms with van der Waals surface area (Å²) in [6.07, 6.45) is 6.66. The van der Waals surface area contributed by atoms with Crippen LogP contribution in [0.25, 0.3) is 11.3 Å². The van der Waals surface area contributed by atoms with Gasteiger partial charge in [-0.2, -0.15) is 5.10 Å². The molecule has 3 aromatic rings. The van der Waals surface area contributed by atoms with E-state index in [2.05, 4.69) is 21.5 Å². The van der Waals surface area contributed by atoms with E-state index < -0.39 is 29.7 Å². The van der Waals surface area contributed by atoms with Crippen LogP contribution in [0.15, 0.2) is 36.5 Å². The molecule has 0 radical (unpaired) electrons. The van der Waals surface area contributed by atoms with Gasteiger partial charge in [0, 0.05) is 36.3 Å². The number of hydrogen-bond donors (Lipinski definition) is 2. The highest BCUT2D eigenvalue weighted by molar-refractivity contribution is 6.31. The lowest BCUT2D eigenvalue weighted by Crippen LogP contribution is -2.54. The van der Waals surface area contributed by atoms with E-state index in [0.717, 1.165) is 65.5 Å². The van der Waals surface area contributed by atoms with Crippen molar-refractivity contribution in [2.75, 3.05) is 11.9 Å².